The summed E-state index contributed by atoms with van der Waals surface area (Å²) < 4.78 is 40.3. The van der Waals surface area contributed by atoms with Crippen molar-refractivity contribution < 1.29 is 33.3 Å². The van der Waals surface area contributed by atoms with Crippen LogP contribution in [0, 0.1) is 6.92 Å². The van der Waals surface area contributed by atoms with E-state index in [9.17, 15) is 29.2 Å². The van der Waals surface area contributed by atoms with Gasteiger partial charge >= 0.3 is 13.4 Å². The van der Waals surface area contributed by atoms with Gasteiger partial charge < -0.3 is 30.3 Å². The minimum atomic E-state index is -4.12. The number of aryl methyl sites for hydroxylation is 1. The zero-order valence-electron chi connectivity index (χ0n) is 25.0. The average molecular weight is 656 g/mol. The van der Waals surface area contributed by atoms with Crippen LogP contribution in [0.1, 0.15) is 37.3 Å². The molecule has 7 atom stereocenters. The van der Waals surface area contributed by atoms with Gasteiger partial charge in [0.1, 0.15) is 30.8 Å². The lowest BCUT2D eigenvalue weighted by Gasteiger charge is -2.26. The van der Waals surface area contributed by atoms with Crippen molar-refractivity contribution in [3.8, 4) is 0 Å². The number of nitrogens with two attached hydrogens (primary N) is 1. The third kappa shape index (κ3) is 7.43. The molecule has 1 unspecified atom stereocenters. The highest BCUT2D eigenvalue weighted by Crippen LogP contribution is 2.49. The fourth-order valence-electron chi connectivity index (χ4n) is 5.21. The van der Waals surface area contributed by atoms with Crippen LogP contribution in [0.3, 0.4) is 0 Å². The molecule has 0 aliphatic carbocycles. The summed E-state index contributed by atoms with van der Waals surface area (Å²) in [6.07, 6.45) is -2.23. The number of rotatable bonds is 13. The third-order valence-corrected chi connectivity index (χ3v) is 9.20. The Kier molecular flexibility index (Phi) is 10.0. The summed E-state index contributed by atoms with van der Waals surface area (Å²) >= 11 is 0. The molecule has 2 fully saturated rings. The predicted octanol–water partition coefficient (Wildman–Crippen LogP) is -1.46. The molecule has 20 heteroatoms. The van der Waals surface area contributed by atoms with Crippen LogP contribution in [0.5, 0.6) is 0 Å². The number of ether oxygens (including phenoxy) is 2. The molecule has 3 aromatic rings. The van der Waals surface area contributed by atoms with Crippen LogP contribution >= 0.6 is 7.75 Å². The Morgan fingerprint density at radius 3 is 2.62 bits per heavy atom. The summed E-state index contributed by atoms with van der Waals surface area (Å²) in [7, 11) is -0.327. The molecule has 5 heterocycles. The van der Waals surface area contributed by atoms with Crippen molar-refractivity contribution in [1.29, 1.82) is 0 Å². The van der Waals surface area contributed by atoms with Crippen LogP contribution < -0.4 is 27.6 Å². The van der Waals surface area contributed by atoms with Crippen molar-refractivity contribution in [2.75, 3.05) is 46.1 Å². The predicted molar refractivity (Wildman–Crippen MR) is 158 cm³/mol. The van der Waals surface area contributed by atoms with E-state index in [0.717, 1.165) is 0 Å². The molecule has 2 saturated heterocycles. The van der Waals surface area contributed by atoms with E-state index in [0.29, 0.717) is 13.0 Å². The second-order valence-corrected chi connectivity index (χ2v) is 13.0. The van der Waals surface area contributed by atoms with E-state index in [4.69, 9.17) is 24.3 Å². The van der Waals surface area contributed by atoms with Gasteiger partial charge in [-0.3, -0.25) is 37.7 Å². The van der Waals surface area contributed by atoms with Crippen molar-refractivity contribution in [3.63, 3.8) is 0 Å². The second kappa shape index (κ2) is 13.6. The molecule has 45 heavy (non-hydrogen) atoms. The maximum absolute atomic E-state index is 14.1. The largest absolute Gasteiger partial charge is 0.405 e. The van der Waals surface area contributed by atoms with Gasteiger partial charge in [-0.2, -0.15) is 4.98 Å². The molecule has 0 aromatic carbocycles. The van der Waals surface area contributed by atoms with Gasteiger partial charge in [0.2, 0.25) is 5.95 Å². The van der Waals surface area contributed by atoms with Crippen LogP contribution in [-0.2, 0) is 23.1 Å². The number of hydrogen-bond donors (Lipinski definition) is 6. The molecule has 2 aliphatic heterocycles. The highest BCUT2D eigenvalue weighted by atomic mass is 31.2. The summed E-state index contributed by atoms with van der Waals surface area (Å²) in [5, 5.41) is 23.6. The van der Waals surface area contributed by atoms with E-state index in [1.54, 1.807) is 0 Å². The molecule has 248 valence electrons. The normalized spacial score (nSPS) is 26.6. The van der Waals surface area contributed by atoms with Crippen molar-refractivity contribution in [2.45, 2.75) is 63.1 Å². The lowest BCUT2D eigenvalue weighted by Crippen LogP contribution is -2.34. The van der Waals surface area contributed by atoms with Crippen LogP contribution in [0.2, 0.25) is 0 Å². The molecule has 5 rings (SSSR count). The van der Waals surface area contributed by atoms with Gasteiger partial charge in [0.25, 0.3) is 11.1 Å². The number of aliphatic hydroxyl groups is 2. The lowest BCUT2D eigenvalue weighted by molar-refractivity contribution is -0.0522. The maximum Gasteiger partial charge on any atom is 0.405 e. The van der Waals surface area contributed by atoms with Crippen LogP contribution in [0.15, 0.2) is 26.9 Å². The molecule has 2 aliphatic rings. The molecule has 0 radical (unpaired) electrons. The zero-order chi connectivity index (χ0) is 32.5. The number of fused-ring (bicyclic) bond motifs is 1. The van der Waals surface area contributed by atoms with E-state index >= 15 is 0 Å². The first-order chi connectivity index (χ1) is 21.4. The molecule has 7 N–H and O–H groups in total. The Balaban J connectivity index is 1.31. The number of anilines is 1. The van der Waals surface area contributed by atoms with Crippen molar-refractivity contribution in [1.82, 2.24) is 39.1 Å². The molecule has 3 aromatic heterocycles. The molecular weight excluding hydrogens is 617 g/mol. The van der Waals surface area contributed by atoms with E-state index in [1.807, 2.05) is 19.0 Å². The molecule has 0 spiro atoms. The summed E-state index contributed by atoms with van der Waals surface area (Å²) in [4.78, 5) is 51.1. The van der Waals surface area contributed by atoms with Gasteiger partial charge in [0, 0.05) is 31.1 Å². The minimum Gasteiger partial charge on any atom is -0.394 e. The van der Waals surface area contributed by atoms with E-state index in [-0.39, 0.29) is 48.7 Å². The molecule has 19 nitrogen and oxygen atoms in total. The highest BCUT2D eigenvalue weighted by molar-refractivity contribution is 7.51. The fourth-order valence-corrected chi connectivity index (χ4v) is 6.79. The SMILES string of the molecule is Cc1cn([C@H]2C[C@@H](O)[C@@H](COP(=O)(NCCCN(C)C)O[C@@H]3C[C@H](n4cnc5c(=O)[nH]c(N)nc54)O[C@@H]3CO)O2)c(=O)[nH]c1=O. The Morgan fingerprint density at radius 2 is 1.89 bits per heavy atom. The van der Waals surface area contributed by atoms with Gasteiger partial charge in [-0.05, 0) is 34.0 Å². The number of hydrogen-bond acceptors (Lipinski definition) is 14. The topological polar surface area (TPSA) is 254 Å². The second-order valence-electron chi connectivity index (χ2n) is 11.2. The minimum absolute atomic E-state index is 0.0197. The first-order valence-electron chi connectivity index (χ1n) is 14.3. The fraction of sp³-hybridized carbons (Fsp3) is 0.640. The van der Waals surface area contributed by atoms with Crippen LogP contribution in [0.4, 0.5) is 5.95 Å². The molecule has 0 saturated carbocycles. The van der Waals surface area contributed by atoms with Crippen molar-refractivity contribution in [2.24, 2.45) is 0 Å². The standard InChI is InChI=1S/C25H38N9O10P/c1-13-9-33(25(39)31-22(13)37)18-7-14(36)17(43-18)11-41-45(40,28-5-4-6-32(2)3)44-15-8-19(42-16(15)10-35)34-12-27-20-21(34)29-24(26)30-23(20)38/h9,12,14-19,35-36H,4-8,10-11H2,1-3H3,(H,28,40)(H,31,37,39)(H3,26,29,30,38)/t14-,15-,16-,17-,18-,19-,45?/m1/s1. The number of H-pyrrole nitrogens is 2. The monoisotopic (exact) mass is 655 g/mol. The molecule has 0 bridgehead atoms. The van der Waals surface area contributed by atoms with Crippen LogP contribution in [0.25, 0.3) is 11.2 Å². The zero-order valence-corrected chi connectivity index (χ0v) is 25.9. The van der Waals surface area contributed by atoms with E-state index in [2.05, 4.69) is 25.0 Å². The van der Waals surface area contributed by atoms with Gasteiger partial charge in [0.05, 0.1) is 25.6 Å². The number of aliphatic hydroxyl groups excluding tert-OH is 2. The third-order valence-electron chi connectivity index (χ3n) is 7.55. The first-order valence-corrected chi connectivity index (χ1v) is 15.9. The number of nitrogen functional groups attached to an aromatic ring is 1. The van der Waals surface area contributed by atoms with Gasteiger partial charge in [-0.1, -0.05) is 0 Å². The van der Waals surface area contributed by atoms with Gasteiger partial charge in [-0.25, -0.2) is 19.4 Å². The summed E-state index contributed by atoms with van der Waals surface area (Å²) in [6.45, 7) is 1.62. The number of imidazole rings is 1. The van der Waals surface area contributed by atoms with Gasteiger partial charge in [0.15, 0.2) is 11.2 Å². The van der Waals surface area contributed by atoms with Crippen molar-refractivity contribution in [3.05, 3.63) is 49.3 Å². The van der Waals surface area contributed by atoms with Gasteiger partial charge in [-0.15, -0.1) is 0 Å². The summed E-state index contributed by atoms with van der Waals surface area (Å²) in [5.41, 5.74) is 4.46. The van der Waals surface area contributed by atoms with Crippen LogP contribution in [-0.4, -0.2) is 109 Å². The Morgan fingerprint density at radius 1 is 1.16 bits per heavy atom. The molecular formula is C25H38N9O10P. The number of aromatic nitrogens is 6. The summed E-state index contributed by atoms with van der Waals surface area (Å²) in [5.74, 6) is -0.113. The highest BCUT2D eigenvalue weighted by Gasteiger charge is 2.44. The lowest BCUT2D eigenvalue weighted by atomic mass is 10.2. The number of nitrogens with one attached hydrogen (secondary N) is 3. The summed E-state index contributed by atoms with van der Waals surface area (Å²) in [6, 6.07) is 0. The Bertz CT molecular complexity index is 1720. The van der Waals surface area contributed by atoms with Crippen molar-refractivity contribution >= 4 is 24.9 Å². The quantitative estimate of drug-likeness (QED) is 0.0909. The number of nitrogens with zero attached hydrogens (tertiary/aromatic N) is 5. The maximum atomic E-state index is 14.1. The van der Waals surface area contributed by atoms with E-state index in [1.165, 1.54) is 28.6 Å². The average Bonchev–Trinajstić information content (AvgIpc) is 3.68. The Hall–Kier alpha value is -3.26. The number of aromatic amines is 2. The first kappa shape index (κ1) is 33.1. The van der Waals surface area contributed by atoms with E-state index < -0.39 is 68.0 Å². The molecule has 0 amide bonds. The smallest absolute Gasteiger partial charge is 0.394 e. The Labute approximate surface area is 255 Å².